The molecule has 1 aromatic carbocycles. The average molecular weight is 263 g/mol. The molecule has 0 aliphatic heterocycles. The number of aromatic hydroxyl groups is 1. The van der Waals surface area contributed by atoms with E-state index in [1.807, 2.05) is 0 Å². The first kappa shape index (κ1) is 13.2. The minimum atomic E-state index is -0.442. The normalized spacial score (nSPS) is 22.1. The Hall–Kier alpha value is -2.24. The Labute approximate surface area is 110 Å². The van der Waals surface area contributed by atoms with Gasteiger partial charge in [-0.25, -0.2) is 0 Å². The van der Waals surface area contributed by atoms with Gasteiger partial charge in [0.1, 0.15) is 0 Å². The minimum absolute atomic E-state index is 0.107. The van der Waals surface area contributed by atoms with E-state index in [4.69, 9.17) is 11.5 Å². The lowest BCUT2D eigenvalue weighted by atomic mass is 10.0. The Balaban J connectivity index is 2.13. The maximum atomic E-state index is 12.1. The summed E-state index contributed by atoms with van der Waals surface area (Å²) in [6.45, 7) is 0. The molecule has 6 heteroatoms. The zero-order chi connectivity index (χ0) is 14.0. The van der Waals surface area contributed by atoms with Crippen molar-refractivity contribution in [2.24, 2.45) is 11.7 Å². The van der Waals surface area contributed by atoms with Crippen LogP contribution in [0, 0.1) is 5.92 Å². The molecule has 1 aliphatic rings. The Morgan fingerprint density at radius 2 is 2.05 bits per heavy atom. The second-order valence-corrected chi connectivity index (χ2v) is 4.76. The van der Waals surface area contributed by atoms with Gasteiger partial charge in [-0.05, 0) is 25.0 Å². The Kier molecular flexibility index (Phi) is 3.59. The number of primary amides is 1. The number of nitrogens with two attached hydrogens (primary N) is 2. The summed E-state index contributed by atoms with van der Waals surface area (Å²) in [5, 5.41) is 12.5. The number of hydrogen-bond donors (Lipinski definition) is 4. The molecule has 6 N–H and O–H groups in total. The minimum Gasteiger partial charge on any atom is -0.505 e. The Morgan fingerprint density at radius 1 is 1.32 bits per heavy atom. The quantitative estimate of drug-likeness (QED) is 0.465. The number of carbonyl (C=O) groups is 2. The summed E-state index contributed by atoms with van der Waals surface area (Å²) in [6, 6.07) is 4.30. The number of anilines is 1. The van der Waals surface area contributed by atoms with Crippen molar-refractivity contribution in [1.29, 1.82) is 0 Å². The lowest BCUT2D eigenvalue weighted by Gasteiger charge is -2.18. The summed E-state index contributed by atoms with van der Waals surface area (Å²) >= 11 is 0. The molecule has 102 valence electrons. The molecule has 1 fully saturated rings. The SMILES string of the molecule is NC(=O)[C@@H]1CCCC1NC(=O)c1cccc(N)c1O. The highest BCUT2D eigenvalue weighted by molar-refractivity contribution is 5.98. The molecule has 6 nitrogen and oxygen atoms in total. The molecule has 0 radical (unpaired) electrons. The van der Waals surface area contributed by atoms with Crippen molar-refractivity contribution in [3.05, 3.63) is 23.8 Å². The lowest BCUT2D eigenvalue weighted by Crippen LogP contribution is -2.42. The molecule has 2 amide bonds. The number of para-hydroxylation sites is 1. The largest absolute Gasteiger partial charge is 0.505 e. The summed E-state index contributed by atoms with van der Waals surface area (Å²) in [4.78, 5) is 23.3. The summed E-state index contributed by atoms with van der Waals surface area (Å²) < 4.78 is 0. The monoisotopic (exact) mass is 263 g/mol. The number of phenolic OH excluding ortho intramolecular Hbond substituents is 1. The number of carbonyl (C=O) groups excluding carboxylic acids is 2. The smallest absolute Gasteiger partial charge is 0.255 e. The van der Waals surface area contributed by atoms with E-state index in [0.29, 0.717) is 12.8 Å². The fraction of sp³-hybridized carbons (Fsp3) is 0.385. The summed E-state index contributed by atoms with van der Waals surface area (Å²) in [6.07, 6.45) is 2.24. The zero-order valence-corrected chi connectivity index (χ0v) is 10.4. The van der Waals surface area contributed by atoms with Crippen LogP contribution in [0.5, 0.6) is 5.75 Å². The van der Waals surface area contributed by atoms with Crippen LogP contribution in [0.4, 0.5) is 5.69 Å². The van der Waals surface area contributed by atoms with Crippen molar-refractivity contribution < 1.29 is 14.7 Å². The number of rotatable bonds is 3. The summed E-state index contributed by atoms with van der Waals surface area (Å²) in [5.74, 6) is -1.43. The lowest BCUT2D eigenvalue weighted by molar-refractivity contribution is -0.122. The van der Waals surface area contributed by atoms with Gasteiger partial charge in [0.25, 0.3) is 5.91 Å². The van der Waals surface area contributed by atoms with Crippen LogP contribution in [0.2, 0.25) is 0 Å². The number of nitrogens with one attached hydrogen (secondary N) is 1. The molecule has 0 aromatic heterocycles. The van der Waals surface area contributed by atoms with Gasteiger partial charge in [-0.3, -0.25) is 9.59 Å². The van der Waals surface area contributed by atoms with Gasteiger partial charge < -0.3 is 21.9 Å². The molecular formula is C13H17N3O3. The molecular weight excluding hydrogens is 246 g/mol. The number of nitrogen functional groups attached to an aromatic ring is 1. The van der Waals surface area contributed by atoms with Gasteiger partial charge in [-0.15, -0.1) is 0 Å². The first-order valence-corrected chi connectivity index (χ1v) is 6.18. The highest BCUT2D eigenvalue weighted by Crippen LogP contribution is 2.28. The molecule has 1 aliphatic carbocycles. The summed E-state index contributed by atoms with van der Waals surface area (Å²) in [7, 11) is 0. The van der Waals surface area contributed by atoms with Crippen molar-refractivity contribution in [3.63, 3.8) is 0 Å². The molecule has 2 rings (SSSR count). The topological polar surface area (TPSA) is 118 Å². The van der Waals surface area contributed by atoms with Gasteiger partial charge in [-0.1, -0.05) is 12.5 Å². The first-order chi connectivity index (χ1) is 9.00. The van der Waals surface area contributed by atoms with Crippen molar-refractivity contribution in [1.82, 2.24) is 5.32 Å². The maximum absolute atomic E-state index is 12.1. The van der Waals surface area contributed by atoms with Crippen LogP contribution in [-0.2, 0) is 4.79 Å². The molecule has 0 saturated heterocycles. The van der Waals surface area contributed by atoms with Crippen molar-refractivity contribution in [2.45, 2.75) is 25.3 Å². The van der Waals surface area contributed by atoms with E-state index in [0.717, 1.165) is 6.42 Å². The van der Waals surface area contributed by atoms with E-state index in [-0.39, 0.29) is 29.0 Å². The van der Waals surface area contributed by atoms with E-state index in [2.05, 4.69) is 5.32 Å². The standard InChI is InChI=1S/C13H17N3O3/c14-9-5-1-4-8(11(9)17)13(19)16-10-6-2-3-7(10)12(15)18/h1,4-5,7,10,17H,2-3,6,14H2,(H2,15,18)(H,16,19)/t7-,10?/m1/s1. The van der Waals surface area contributed by atoms with Crippen LogP contribution in [0.15, 0.2) is 18.2 Å². The van der Waals surface area contributed by atoms with Crippen LogP contribution in [-0.4, -0.2) is 23.0 Å². The van der Waals surface area contributed by atoms with Gasteiger partial charge in [0.05, 0.1) is 17.2 Å². The third-order valence-electron chi connectivity index (χ3n) is 3.51. The highest BCUT2D eigenvalue weighted by atomic mass is 16.3. The predicted molar refractivity (Wildman–Crippen MR) is 70.3 cm³/mol. The van der Waals surface area contributed by atoms with E-state index in [9.17, 15) is 14.7 Å². The number of hydrogen-bond acceptors (Lipinski definition) is 4. The molecule has 2 atom stereocenters. The summed E-state index contributed by atoms with van der Waals surface area (Å²) in [5.41, 5.74) is 11.1. The van der Waals surface area contributed by atoms with Crippen molar-refractivity contribution >= 4 is 17.5 Å². The molecule has 1 saturated carbocycles. The van der Waals surface area contributed by atoms with Crippen LogP contribution in [0.25, 0.3) is 0 Å². The van der Waals surface area contributed by atoms with Crippen LogP contribution >= 0.6 is 0 Å². The van der Waals surface area contributed by atoms with Crippen LogP contribution in [0.1, 0.15) is 29.6 Å². The van der Waals surface area contributed by atoms with Gasteiger partial charge >= 0.3 is 0 Å². The van der Waals surface area contributed by atoms with E-state index < -0.39 is 11.8 Å². The van der Waals surface area contributed by atoms with Gasteiger partial charge in [0.15, 0.2) is 5.75 Å². The Bertz CT molecular complexity index is 516. The molecule has 1 aromatic rings. The van der Waals surface area contributed by atoms with E-state index in [1.54, 1.807) is 6.07 Å². The van der Waals surface area contributed by atoms with Crippen molar-refractivity contribution in [3.8, 4) is 5.75 Å². The van der Waals surface area contributed by atoms with Gasteiger partial charge in [0.2, 0.25) is 5.91 Å². The van der Waals surface area contributed by atoms with E-state index in [1.165, 1.54) is 12.1 Å². The Morgan fingerprint density at radius 3 is 2.74 bits per heavy atom. The molecule has 0 bridgehead atoms. The predicted octanol–water partition coefficient (Wildman–Crippen LogP) is 0.358. The maximum Gasteiger partial charge on any atom is 0.255 e. The second-order valence-electron chi connectivity index (χ2n) is 4.76. The third kappa shape index (κ3) is 2.62. The fourth-order valence-electron chi connectivity index (χ4n) is 2.46. The number of phenols is 1. The second kappa shape index (κ2) is 5.17. The highest BCUT2D eigenvalue weighted by Gasteiger charge is 2.33. The van der Waals surface area contributed by atoms with Crippen LogP contribution in [0.3, 0.4) is 0 Å². The van der Waals surface area contributed by atoms with Gasteiger partial charge in [-0.2, -0.15) is 0 Å². The molecule has 1 unspecified atom stereocenters. The number of benzene rings is 1. The zero-order valence-electron chi connectivity index (χ0n) is 10.4. The number of amides is 2. The van der Waals surface area contributed by atoms with E-state index >= 15 is 0 Å². The molecule has 19 heavy (non-hydrogen) atoms. The third-order valence-corrected chi connectivity index (χ3v) is 3.51. The first-order valence-electron chi connectivity index (χ1n) is 6.18. The molecule has 0 spiro atoms. The van der Waals surface area contributed by atoms with Crippen molar-refractivity contribution in [2.75, 3.05) is 5.73 Å². The molecule has 0 heterocycles. The average Bonchev–Trinajstić information content (AvgIpc) is 2.80. The van der Waals surface area contributed by atoms with Crippen LogP contribution < -0.4 is 16.8 Å². The van der Waals surface area contributed by atoms with Gasteiger partial charge in [0, 0.05) is 6.04 Å². The fourth-order valence-corrected chi connectivity index (χ4v) is 2.46.